The smallest absolute Gasteiger partial charge is 0.422 e. The van der Waals surface area contributed by atoms with Gasteiger partial charge < -0.3 is 9.84 Å². The number of aromatic nitrogens is 2. The first-order chi connectivity index (χ1) is 15.9. The van der Waals surface area contributed by atoms with E-state index < -0.39 is 46.9 Å². The SMILES string of the molecule is C/C=C(\CC(O)(C=Nc1cc(F)c(F)c2nc(C)ncc12)C(F)(F)F)c1cccc(F)c1OC. The van der Waals surface area contributed by atoms with Crippen molar-refractivity contribution in [1.29, 1.82) is 0 Å². The summed E-state index contributed by atoms with van der Waals surface area (Å²) in [5.74, 6) is -3.67. The molecule has 0 aliphatic rings. The molecule has 1 N–H and O–H groups in total. The van der Waals surface area contributed by atoms with Crippen LogP contribution in [0, 0.1) is 24.4 Å². The van der Waals surface area contributed by atoms with Crippen molar-refractivity contribution >= 4 is 28.4 Å². The second kappa shape index (κ2) is 9.41. The summed E-state index contributed by atoms with van der Waals surface area (Å²) in [6.45, 7) is 2.84. The van der Waals surface area contributed by atoms with Gasteiger partial charge >= 0.3 is 6.18 Å². The maximum Gasteiger partial charge on any atom is 0.422 e. The van der Waals surface area contributed by atoms with Gasteiger partial charge in [0.2, 0.25) is 0 Å². The van der Waals surface area contributed by atoms with Gasteiger partial charge in [-0.25, -0.2) is 23.1 Å². The fraction of sp³-hybridized carbons (Fsp3) is 0.261. The molecule has 0 amide bonds. The molecule has 0 saturated carbocycles. The highest BCUT2D eigenvalue weighted by molar-refractivity contribution is 5.92. The Morgan fingerprint density at radius 2 is 1.88 bits per heavy atom. The van der Waals surface area contributed by atoms with E-state index in [-0.39, 0.29) is 34.3 Å². The van der Waals surface area contributed by atoms with E-state index in [2.05, 4.69) is 15.0 Å². The van der Waals surface area contributed by atoms with Crippen molar-refractivity contribution in [3.05, 3.63) is 65.4 Å². The standard InChI is InChI=1S/C23H19F6N3O2/c1-4-13(14-6-5-7-16(24)21(14)34-3)9-22(33,23(27,28)29)11-31-18-8-17(25)19(26)20-15(18)10-30-12(2)32-20/h4-8,10-11,33H,9H2,1-3H3/b13-4+,31-11?. The van der Waals surface area contributed by atoms with E-state index in [9.17, 15) is 31.4 Å². The van der Waals surface area contributed by atoms with Crippen LogP contribution in [0.15, 0.2) is 41.5 Å². The zero-order valence-electron chi connectivity index (χ0n) is 18.2. The predicted molar refractivity (Wildman–Crippen MR) is 115 cm³/mol. The van der Waals surface area contributed by atoms with Gasteiger partial charge in [-0.15, -0.1) is 0 Å². The molecule has 0 bridgehead atoms. The number of ether oxygens (including phenoxy) is 1. The molecule has 1 unspecified atom stereocenters. The molecule has 0 saturated heterocycles. The van der Waals surface area contributed by atoms with Crippen LogP contribution in [-0.4, -0.2) is 40.2 Å². The van der Waals surface area contributed by atoms with Crippen LogP contribution in [0.1, 0.15) is 24.7 Å². The number of hydrogen-bond acceptors (Lipinski definition) is 5. The van der Waals surface area contributed by atoms with Gasteiger partial charge in [0.05, 0.1) is 12.8 Å². The molecule has 0 fully saturated rings. The van der Waals surface area contributed by atoms with Gasteiger partial charge in [-0.2, -0.15) is 13.2 Å². The van der Waals surface area contributed by atoms with Crippen LogP contribution in [0.5, 0.6) is 5.75 Å². The third kappa shape index (κ3) is 4.74. The average Bonchev–Trinajstić information content (AvgIpc) is 2.78. The minimum absolute atomic E-state index is 0.00299. The van der Waals surface area contributed by atoms with E-state index in [0.717, 1.165) is 19.4 Å². The summed E-state index contributed by atoms with van der Waals surface area (Å²) in [5, 5.41) is 10.4. The van der Waals surface area contributed by atoms with Gasteiger partial charge in [-0.05, 0) is 25.5 Å². The Morgan fingerprint density at radius 1 is 1.18 bits per heavy atom. The third-order valence-electron chi connectivity index (χ3n) is 5.10. The molecule has 0 aliphatic heterocycles. The van der Waals surface area contributed by atoms with Crippen LogP contribution in [-0.2, 0) is 0 Å². The summed E-state index contributed by atoms with van der Waals surface area (Å²) in [7, 11) is 1.16. The Balaban J connectivity index is 2.10. The van der Waals surface area contributed by atoms with Crippen molar-refractivity contribution in [2.45, 2.75) is 32.0 Å². The van der Waals surface area contributed by atoms with Gasteiger partial charge in [0.1, 0.15) is 11.3 Å². The summed E-state index contributed by atoms with van der Waals surface area (Å²) >= 11 is 0. The second-order valence-electron chi connectivity index (χ2n) is 7.36. The second-order valence-corrected chi connectivity index (χ2v) is 7.36. The first-order valence-corrected chi connectivity index (χ1v) is 9.85. The molecule has 5 nitrogen and oxygen atoms in total. The highest BCUT2D eigenvalue weighted by Crippen LogP contribution is 2.40. The highest BCUT2D eigenvalue weighted by Gasteiger charge is 2.53. The summed E-state index contributed by atoms with van der Waals surface area (Å²) in [5.41, 5.74) is -4.51. The number of aryl methyl sites for hydroxylation is 1. The number of rotatable bonds is 6. The molecule has 34 heavy (non-hydrogen) atoms. The third-order valence-corrected chi connectivity index (χ3v) is 5.10. The summed E-state index contributed by atoms with van der Waals surface area (Å²) in [4.78, 5) is 11.3. The number of allylic oxidation sites excluding steroid dienone is 1. The Bertz CT molecular complexity index is 1290. The Labute approximate surface area is 190 Å². The lowest BCUT2D eigenvalue weighted by Crippen LogP contribution is -2.46. The van der Waals surface area contributed by atoms with E-state index in [0.29, 0.717) is 6.07 Å². The van der Waals surface area contributed by atoms with E-state index in [4.69, 9.17) is 4.74 Å². The maximum absolute atomic E-state index is 14.1. The normalized spacial score (nSPS) is 14.6. The number of fused-ring (bicyclic) bond motifs is 1. The zero-order chi connectivity index (χ0) is 25.3. The minimum atomic E-state index is -5.23. The molecular weight excluding hydrogens is 464 g/mol. The van der Waals surface area contributed by atoms with Crippen LogP contribution < -0.4 is 4.74 Å². The van der Waals surface area contributed by atoms with Gasteiger partial charge in [-0.1, -0.05) is 18.2 Å². The lowest BCUT2D eigenvalue weighted by Gasteiger charge is -2.28. The number of hydrogen-bond donors (Lipinski definition) is 1. The maximum atomic E-state index is 14.1. The molecule has 1 atom stereocenters. The van der Waals surface area contributed by atoms with Crippen molar-refractivity contribution in [1.82, 2.24) is 9.97 Å². The first-order valence-electron chi connectivity index (χ1n) is 9.85. The van der Waals surface area contributed by atoms with Gasteiger partial charge in [0.15, 0.2) is 28.8 Å². The number of aliphatic hydroxyl groups is 1. The molecule has 1 aromatic heterocycles. The topological polar surface area (TPSA) is 67.6 Å². The Kier molecular flexibility index (Phi) is 6.97. The van der Waals surface area contributed by atoms with Crippen LogP contribution in [0.3, 0.4) is 0 Å². The summed E-state index contributed by atoms with van der Waals surface area (Å²) in [6.07, 6.45) is -3.74. The lowest BCUT2D eigenvalue weighted by molar-refractivity contribution is -0.226. The molecule has 0 spiro atoms. The van der Waals surface area contributed by atoms with Crippen LogP contribution in [0.4, 0.5) is 32.0 Å². The monoisotopic (exact) mass is 483 g/mol. The Hall–Kier alpha value is -3.47. The van der Waals surface area contributed by atoms with Crippen molar-refractivity contribution in [3.63, 3.8) is 0 Å². The highest BCUT2D eigenvalue weighted by atomic mass is 19.4. The number of halogens is 6. The van der Waals surface area contributed by atoms with E-state index >= 15 is 0 Å². The van der Waals surface area contributed by atoms with Gasteiger partial charge in [0.25, 0.3) is 0 Å². The van der Waals surface area contributed by atoms with Crippen molar-refractivity contribution in [3.8, 4) is 5.75 Å². The quantitative estimate of drug-likeness (QED) is 0.353. The number of methoxy groups -OCH3 is 1. The molecule has 2 aromatic carbocycles. The molecule has 180 valence electrons. The van der Waals surface area contributed by atoms with Crippen LogP contribution in [0.25, 0.3) is 16.5 Å². The van der Waals surface area contributed by atoms with Crippen LogP contribution in [0.2, 0.25) is 0 Å². The number of benzene rings is 2. The molecule has 3 rings (SSSR count). The fourth-order valence-electron chi connectivity index (χ4n) is 3.31. The number of para-hydroxylation sites is 1. The zero-order valence-corrected chi connectivity index (χ0v) is 18.2. The molecular formula is C23H19F6N3O2. The van der Waals surface area contributed by atoms with Crippen molar-refractivity contribution in [2.24, 2.45) is 4.99 Å². The minimum Gasteiger partial charge on any atom is -0.493 e. The summed E-state index contributed by atoms with van der Waals surface area (Å²) in [6, 6.07) is 4.28. The van der Waals surface area contributed by atoms with E-state index in [1.165, 1.54) is 32.1 Å². The number of alkyl halides is 3. The molecule has 11 heteroatoms. The lowest BCUT2D eigenvalue weighted by atomic mass is 9.90. The van der Waals surface area contributed by atoms with Gasteiger partial charge in [0, 0.05) is 35.8 Å². The first kappa shape index (κ1) is 25.2. The molecule has 3 aromatic rings. The fourth-order valence-corrected chi connectivity index (χ4v) is 3.31. The van der Waals surface area contributed by atoms with Crippen LogP contribution >= 0.6 is 0 Å². The Morgan fingerprint density at radius 3 is 2.50 bits per heavy atom. The average molecular weight is 483 g/mol. The van der Waals surface area contributed by atoms with Crippen molar-refractivity contribution < 1.29 is 36.2 Å². The predicted octanol–water partition coefficient (Wildman–Crippen LogP) is 5.85. The molecule has 0 radical (unpaired) electrons. The molecule has 0 aliphatic carbocycles. The van der Waals surface area contributed by atoms with E-state index in [1.54, 1.807) is 0 Å². The van der Waals surface area contributed by atoms with Crippen molar-refractivity contribution in [2.75, 3.05) is 7.11 Å². The van der Waals surface area contributed by atoms with E-state index in [1.807, 2.05) is 0 Å². The molecule has 1 heterocycles. The number of nitrogens with zero attached hydrogens (tertiary/aromatic N) is 3. The number of aliphatic imine (C=N–C) groups is 1. The summed E-state index contributed by atoms with van der Waals surface area (Å²) < 4.78 is 89.1. The largest absolute Gasteiger partial charge is 0.493 e. The van der Waals surface area contributed by atoms with Gasteiger partial charge in [-0.3, -0.25) is 4.99 Å².